The molecule has 96 valence electrons. The molecule has 0 fully saturated rings. The highest BCUT2D eigenvalue weighted by molar-refractivity contribution is 5.93. The van der Waals surface area contributed by atoms with Crippen molar-refractivity contribution in [3.63, 3.8) is 0 Å². The van der Waals surface area contributed by atoms with Gasteiger partial charge in [-0.1, -0.05) is 6.07 Å². The van der Waals surface area contributed by atoms with Crippen LogP contribution in [0.1, 0.15) is 27.0 Å². The molecule has 1 aromatic rings. The van der Waals surface area contributed by atoms with Gasteiger partial charge in [-0.05, 0) is 11.6 Å². The molecule has 0 spiro atoms. The van der Waals surface area contributed by atoms with Crippen molar-refractivity contribution < 1.29 is 22.7 Å². The quantitative estimate of drug-likeness (QED) is 0.821. The lowest BCUT2D eigenvalue weighted by molar-refractivity contribution is -0.138. The van der Waals surface area contributed by atoms with Gasteiger partial charge >= 0.3 is 12.1 Å². The van der Waals surface area contributed by atoms with Crippen LogP contribution in [-0.4, -0.2) is 13.1 Å². The van der Waals surface area contributed by atoms with Crippen molar-refractivity contribution in [3.8, 4) is 6.07 Å². The first-order valence-electron chi connectivity index (χ1n) is 4.78. The Morgan fingerprint density at radius 3 is 2.50 bits per heavy atom. The summed E-state index contributed by atoms with van der Waals surface area (Å²) in [7, 11) is 0.960. The molecular formula is C11H9F3N2O2. The van der Waals surface area contributed by atoms with Gasteiger partial charge in [0.25, 0.3) is 0 Å². The molecule has 0 bridgehead atoms. The Balaban J connectivity index is 3.71. The zero-order valence-corrected chi connectivity index (χ0v) is 9.34. The predicted octanol–water partition coefficient (Wildman–Crippen LogP) is 1.82. The van der Waals surface area contributed by atoms with Crippen molar-refractivity contribution in [2.24, 2.45) is 5.73 Å². The maximum Gasteiger partial charge on any atom is 0.418 e. The van der Waals surface area contributed by atoms with Crippen molar-refractivity contribution in [1.82, 2.24) is 0 Å². The largest absolute Gasteiger partial charge is 0.465 e. The van der Waals surface area contributed by atoms with Crippen molar-refractivity contribution in [2.75, 3.05) is 7.11 Å². The molecule has 0 aromatic heterocycles. The number of nitrogens with zero attached hydrogens (tertiary/aromatic N) is 1. The van der Waals surface area contributed by atoms with E-state index >= 15 is 0 Å². The van der Waals surface area contributed by atoms with E-state index < -0.39 is 28.8 Å². The first-order chi connectivity index (χ1) is 8.36. The van der Waals surface area contributed by atoms with E-state index in [4.69, 9.17) is 11.0 Å². The lowest BCUT2D eigenvalue weighted by Crippen LogP contribution is -2.19. The average molecular weight is 258 g/mol. The van der Waals surface area contributed by atoms with Crippen LogP contribution in [0.25, 0.3) is 0 Å². The van der Waals surface area contributed by atoms with Crippen LogP contribution in [-0.2, 0) is 17.5 Å². The molecule has 0 aliphatic carbocycles. The summed E-state index contributed by atoms with van der Waals surface area (Å²) in [5.74, 6) is -1.17. The number of carbonyl (C=O) groups is 1. The lowest BCUT2D eigenvalue weighted by atomic mass is 9.95. The number of nitriles is 1. The highest BCUT2D eigenvalue weighted by Gasteiger charge is 2.39. The van der Waals surface area contributed by atoms with Gasteiger partial charge in [-0.2, -0.15) is 18.4 Å². The predicted molar refractivity (Wildman–Crippen MR) is 55.4 cm³/mol. The number of methoxy groups -OCH3 is 1. The van der Waals surface area contributed by atoms with E-state index in [-0.39, 0.29) is 12.1 Å². The second-order valence-electron chi connectivity index (χ2n) is 3.33. The molecule has 0 aliphatic heterocycles. The number of nitrogens with two attached hydrogens (primary N) is 1. The fourth-order valence-corrected chi connectivity index (χ4v) is 1.54. The molecule has 0 heterocycles. The van der Waals surface area contributed by atoms with Gasteiger partial charge in [0.15, 0.2) is 0 Å². The number of carbonyl (C=O) groups excluding carboxylic acids is 1. The number of esters is 1. The molecule has 2 N–H and O–H groups in total. The molecule has 0 radical (unpaired) electrons. The van der Waals surface area contributed by atoms with E-state index in [0.29, 0.717) is 0 Å². The topological polar surface area (TPSA) is 76.1 Å². The number of rotatable bonds is 2. The third kappa shape index (κ3) is 2.43. The highest BCUT2D eigenvalue weighted by atomic mass is 19.4. The molecule has 1 aromatic carbocycles. The summed E-state index contributed by atoms with van der Waals surface area (Å²) in [6, 6.07) is 3.60. The summed E-state index contributed by atoms with van der Waals surface area (Å²) in [5, 5.41) is 8.69. The third-order valence-electron chi connectivity index (χ3n) is 2.30. The zero-order chi connectivity index (χ0) is 13.9. The molecule has 0 unspecified atom stereocenters. The summed E-state index contributed by atoms with van der Waals surface area (Å²) in [6.07, 6.45) is -4.83. The molecule has 0 saturated carbocycles. The fraction of sp³-hybridized carbons (Fsp3) is 0.273. The summed E-state index contributed by atoms with van der Waals surface area (Å²) in [4.78, 5) is 11.4. The van der Waals surface area contributed by atoms with E-state index in [2.05, 4.69) is 4.74 Å². The summed E-state index contributed by atoms with van der Waals surface area (Å²) in [5.41, 5.74) is 2.62. The Hall–Kier alpha value is -2.07. The number of benzene rings is 1. The molecule has 0 amide bonds. The summed E-state index contributed by atoms with van der Waals surface area (Å²) < 4.78 is 43.0. The van der Waals surface area contributed by atoms with Crippen LogP contribution in [0.4, 0.5) is 13.2 Å². The van der Waals surface area contributed by atoms with Crippen LogP contribution < -0.4 is 5.73 Å². The Labute approximate surface area is 101 Å². The number of alkyl halides is 3. The normalized spacial score (nSPS) is 10.9. The van der Waals surface area contributed by atoms with Crippen LogP contribution in [0.15, 0.2) is 12.1 Å². The van der Waals surface area contributed by atoms with E-state index in [1.165, 1.54) is 12.1 Å². The zero-order valence-electron chi connectivity index (χ0n) is 9.34. The first kappa shape index (κ1) is 14.0. The highest BCUT2D eigenvalue weighted by Crippen LogP contribution is 2.36. The Morgan fingerprint density at radius 1 is 1.50 bits per heavy atom. The van der Waals surface area contributed by atoms with Gasteiger partial charge in [-0.25, -0.2) is 4.79 Å². The van der Waals surface area contributed by atoms with E-state index in [9.17, 15) is 18.0 Å². The van der Waals surface area contributed by atoms with Gasteiger partial charge in [0, 0.05) is 6.54 Å². The lowest BCUT2D eigenvalue weighted by Gasteiger charge is -2.15. The van der Waals surface area contributed by atoms with Gasteiger partial charge in [-0.15, -0.1) is 0 Å². The molecule has 0 atom stereocenters. The van der Waals surface area contributed by atoms with Crippen LogP contribution in [0, 0.1) is 11.3 Å². The fourth-order valence-electron chi connectivity index (χ4n) is 1.54. The van der Waals surface area contributed by atoms with Crippen LogP contribution in [0.3, 0.4) is 0 Å². The minimum absolute atomic E-state index is 0.0202. The Bertz CT molecular complexity index is 518. The molecule has 18 heavy (non-hydrogen) atoms. The number of halogens is 3. The smallest absolute Gasteiger partial charge is 0.418 e. The standard InChI is InChI=1S/C11H9F3N2O2/c1-18-10(17)8-6(4-15)2-3-7(5-16)9(8)11(12,13)14/h2-3H,4,15H2,1H3. The monoisotopic (exact) mass is 258 g/mol. The van der Waals surface area contributed by atoms with Gasteiger partial charge in [0.05, 0.1) is 29.9 Å². The average Bonchev–Trinajstić information content (AvgIpc) is 2.34. The first-order valence-corrected chi connectivity index (χ1v) is 4.78. The van der Waals surface area contributed by atoms with Gasteiger partial charge < -0.3 is 10.5 Å². The van der Waals surface area contributed by atoms with Gasteiger partial charge in [0.2, 0.25) is 0 Å². The molecule has 0 saturated heterocycles. The second-order valence-corrected chi connectivity index (χ2v) is 3.33. The van der Waals surface area contributed by atoms with Crippen molar-refractivity contribution >= 4 is 5.97 Å². The molecule has 1 rings (SSSR count). The van der Waals surface area contributed by atoms with Crippen molar-refractivity contribution in [3.05, 3.63) is 34.4 Å². The maximum atomic E-state index is 12.9. The summed E-state index contributed by atoms with van der Waals surface area (Å²) in [6.45, 7) is -0.265. The Kier molecular flexibility index (Phi) is 3.93. The molecule has 4 nitrogen and oxygen atoms in total. The van der Waals surface area contributed by atoms with Crippen molar-refractivity contribution in [1.29, 1.82) is 5.26 Å². The molecule has 7 heteroatoms. The van der Waals surface area contributed by atoms with Gasteiger partial charge in [-0.3, -0.25) is 0 Å². The summed E-state index contributed by atoms with van der Waals surface area (Å²) >= 11 is 0. The minimum Gasteiger partial charge on any atom is -0.465 e. The number of hydrogen-bond donors (Lipinski definition) is 1. The second kappa shape index (κ2) is 5.06. The van der Waals surface area contributed by atoms with E-state index in [1.54, 1.807) is 0 Å². The molecule has 0 aliphatic rings. The van der Waals surface area contributed by atoms with Crippen LogP contribution in [0.2, 0.25) is 0 Å². The Morgan fingerprint density at radius 2 is 2.11 bits per heavy atom. The SMILES string of the molecule is COC(=O)c1c(CN)ccc(C#N)c1C(F)(F)F. The number of hydrogen-bond acceptors (Lipinski definition) is 4. The van der Waals surface area contributed by atoms with Crippen molar-refractivity contribution in [2.45, 2.75) is 12.7 Å². The minimum atomic E-state index is -4.83. The number of ether oxygens (including phenoxy) is 1. The van der Waals surface area contributed by atoms with Gasteiger partial charge in [0.1, 0.15) is 0 Å². The van der Waals surface area contributed by atoms with Crippen LogP contribution >= 0.6 is 0 Å². The third-order valence-corrected chi connectivity index (χ3v) is 2.30. The van der Waals surface area contributed by atoms with Crippen LogP contribution in [0.5, 0.6) is 0 Å². The van der Waals surface area contributed by atoms with E-state index in [0.717, 1.165) is 13.2 Å². The van der Waals surface area contributed by atoms with E-state index in [1.807, 2.05) is 0 Å². The maximum absolute atomic E-state index is 12.9. The molecular weight excluding hydrogens is 249 g/mol.